The molecule has 0 bridgehead atoms. The summed E-state index contributed by atoms with van der Waals surface area (Å²) in [7, 11) is 0. The summed E-state index contributed by atoms with van der Waals surface area (Å²) in [6, 6.07) is 9.51. The van der Waals surface area contributed by atoms with E-state index in [1.54, 1.807) is 0 Å². The van der Waals surface area contributed by atoms with Crippen LogP contribution in [0.4, 0.5) is 0 Å². The monoisotopic (exact) mass is 290 g/mol. The Balaban J connectivity index is 1.68. The van der Waals surface area contributed by atoms with E-state index in [1.165, 1.54) is 37.1 Å². The Hall–Kier alpha value is -0.900. The van der Waals surface area contributed by atoms with Gasteiger partial charge in [0.2, 0.25) is 0 Å². The quantitative estimate of drug-likeness (QED) is 0.745. The van der Waals surface area contributed by atoms with Crippen LogP contribution in [0, 0.1) is 0 Å². The van der Waals surface area contributed by atoms with Crippen molar-refractivity contribution in [3.05, 3.63) is 35.4 Å². The molecule has 1 atom stereocenters. The summed E-state index contributed by atoms with van der Waals surface area (Å²) in [5, 5.41) is 3.56. The van der Waals surface area contributed by atoms with Gasteiger partial charge in [-0.05, 0) is 50.8 Å². The number of nitrogens with zero attached hydrogens (tertiary/aromatic N) is 1. The van der Waals surface area contributed by atoms with Crippen molar-refractivity contribution in [1.29, 1.82) is 0 Å². The first-order valence-electron chi connectivity index (χ1n) is 8.40. The van der Waals surface area contributed by atoms with E-state index < -0.39 is 0 Å². The van der Waals surface area contributed by atoms with Crippen LogP contribution in [-0.4, -0.2) is 50.3 Å². The maximum Gasteiger partial charge on any atom is 0.0477 e. The van der Waals surface area contributed by atoms with Crippen LogP contribution in [0.2, 0.25) is 0 Å². The molecule has 1 aromatic rings. The lowest BCUT2D eigenvalue weighted by molar-refractivity contribution is 0.143. The molecule has 118 valence electrons. The zero-order chi connectivity index (χ0) is 14.9. The third-order valence-electron chi connectivity index (χ3n) is 4.36. The molecule has 1 N–H and O–H groups in total. The third kappa shape index (κ3) is 5.42. The van der Waals surface area contributed by atoms with Gasteiger partial charge in [-0.25, -0.2) is 0 Å². The Morgan fingerprint density at radius 2 is 1.86 bits per heavy atom. The fourth-order valence-corrected chi connectivity index (χ4v) is 3.01. The number of benzene rings is 1. The molecule has 1 heterocycles. The second-order valence-corrected chi connectivity index (χ2v) is 5.91. The zero-order valence-electron chi connectivity index (χ0n) is 13.6. The van der Waals surface area contributed by atoms with Gasteiger partial charge in [0, 0.05) is 38.9 Å². The minimum Gasteiger partial charge on any atom is -0.382 e. The molecule has 0 fully saturated rings. The van der Waals surface area contributed by atoms with Crippen molar-refractivity contribution in [2.45, 2.75) is 39.2 Å². The summed E-state index contributed by atoms with van der Waals surface area (Å²) in [5.41, 5.74) is 3.08. The van der Waals surface area contributed by atoms with Crippen molar-refractivity contribution in [3.8, 4) is 0 Å². The maximum absolute atomic E-state index is 5.36. The molecular formula is C18H30N2O. The number of fused-ring (bicyclic) bond motifs is 1. The second kappa shape index (κ2) is 9.19. The molecule has 3 nitrogen and oxygen atoms in total. The molecule has 1 aromatic carbocycles. The van der Waals surface area contributed by atoms with E-state index in [2.05, 4.69) is 41.4 Å². The van der Waals surface area contributed by atoms with E-state index in [9.17, 15) is 0 Å². The summed E-state index contributed by atoms with van der Waals surface area (Å²) in [6.07, 6.45) is 3.47. The van der Waals surface area contributed by atoms with Crippen molar-refractivity contribution in [1.82, 2.24) is 10.2 Å². The number of hydrogen-bond donors (Lipinski definition) is 1. The van der Waals surface area contributed by atoms with E-state index in [0.29, 0.717) is 6.04 Å². The van der Waals surface area contributed by atoms with Crippen LogP contribution in [0.25, 0.3) is 0 Å². The standard InChI is InChI=1S/C18H30N2O/c1-3-21-14-6-11-19-15-16(2)20-12-9-17-7-4-5-8-18(17)10-13-20/h4-5,7-8,16,19H,3,6,9-15H2,1-2H3. The van der Waals surface area contributed by atoms with Crippen LogP contribution in [0.15, 0.2) is 24.3 Å². The molecule has 0 saturated heterocycles. The Kier molecular flexibility index (Phi) is 7.20. The van der Waals surface area contributed by atoms with Crippen molar-refractivity contribution in [2.24, 2.45) is 0 Å². The lowest BCUT2D eigenvalue weighted by Gasteiger charge is -2.27. The molecule has 21 heavy (non-hydrogen) atoms. The summed E-state index contributed by atoms with van der Waals surface area (Å²) in [4.78, 5) is 2.62. The van der Waals surface area contributed by atoms with Gasteiger partial charge in [0.25, 0.3) is 0 Å². The van der Waals surface area contributed by atoms with Gasteiger partial charge in [-0.15, -0.1) is 0 Å². The van der Waals surface area contributed by atoms with Gasteiger partial charge in [-0.2, -0.15) is 0 Å². The van der Waals surface area contributed by atoms with Gasteiger partial charge in [0.1, 0.15) is 0 Å². The van der Waals surface area contributed by atoms with Gasteiger partial charge >= 0.3 is 0 Å². The molecule has 2 rings (SSSR count). The molecule has 3 heteroatoms. The predicted octanol–water partition coefficient (Wildman–Crippen LogP) is 2.49. The van der Waals surface area contributed by atoms with E-state index in [-0.39, 0.29) is 0 Å². The fraction of sp³-hybridized carbons (Fsp3) is 0.667. The van der Waals surface area contributed by atoms with Crippen molar-refractivity contribution < 1.29 is 4.74 Å². The molecule has 0 saturated carbocycles. The Bertz CT molecular complexity index is 381. The average Bonchev–Trinajstić information content (AvgIpc) is 2.73. The normalized spacial score (nSPS) is 17.2. The number of rotatable bonds is 8. The van der Waals surface area contributed by atoms with Crippen LogP contribution in [-0.2, 0) is 17.6 Å². The Morgan fingerprint density at radius 1 is 1.19 bits per heavy atom. The topological polar surface area (TPSA) is 24.5 Å². The van der Waals surface area contributed by atoms with Gasteiger partial charge < -0.3 is 10.1 Å². The first-order chi connectivity index (χ1) is 10.3. The minimum atomic E-state index is 0.603. The molecule has 0 spiro atoms. The lowest BCUT2D eigenvalue weighted by Crippen LogP contribution is -2.42. The molecule has 1 aliphatic heterocycles. The van der Waals surface area contributed by atoms with E-state index in [4.69, 9.17) is 4.74 Å². The van der Waals surface area contributed by atoms with Crippen LogP contribution in [0.5, 0.6) is 0 Å². The van der Waals surface area contributed by atoms with Crippen molar-refractivity contribution >= 4 is 0 Å². The number of nitrogens with one attached hydrogen (secondary N) is 1. The van der Waals surface area contributed by atoms with Gasteiger partial charge in [0.05, 0.1) is 0 Å². The highest BCUT2D eigenvalue weighted by atomic mass is 16.5. The van der Waals surface area contributed by atoms with Crippen LogP contribution in [0.3, 0.4) is 0 Å². The molecule has 0 radical (unpaired) electrons. The summed E-state index contributed by atoms with van der Waals surface area (Å²) < 4.78 is 5.36. The molecule has 0 aliphatic carbocycles. The first kappa shape index (κ1) is 16.5. The highest BCUT2D eigenvalue weighted by Gasteiger charge is 2.17. The van der Waals surface area contributed by atoms with Crippen molar-refractivity contribution in [2.75, 3.05) is 39.4 Å². The number of ether oxygens (including phenoxy) is 1. The van der Waals surface area contributed by atoms with Gasteiger partial charge in [0.15, 0.2) is 0 Å². The van der Waals surface area contributed by atoms with Crippen LogP contribution >= 0.6 is 0 Å². The van der Waals surface area contributed by atoms with Crippen LogP contribution in [0.1, 0.15) is 31.4 Å². The summed E-state index contributed by atoms with van der Waals surface area (Å²) in [5.74, 6) is 0. The van der Waals surface area contributed by atoms with E-state index in [0.717, 1.165) is 32.7 Å². The zero-order valence-corrected chi connectivity index (χ0v) is 13.6. The predicted molar refractivity (Wildman–Crippen MR) is 88.9 cm³/mol. The molecule has 0 amide bonds. The smallest absolute Gasteiger partial charge is 0.0477 e. The fourth-order valence-electron chi connectivity index (χ4n) is 3.01. The highest BCUT2D eigenvalue weighted by Crippen LogP contribution is 2.16. The molecule has 1 unspecified atom stereocenters. The summed E-state index contributed by atoms with van der Waals surface area (Å²) >= 11 is 0. The van der Waals surface area contributed by atoms with Crippen LogP contribution < -0.4 is 5.32 Å². The Morgan fingerprint density at radius 3 is 2.48 bits per heavy atom. The second-order valence-electron chi connectivity index (χ2n) is 5.91. The SMILES string of the molecule is CCOCCCNCC(C)N1CCc2ccccc2CC1. The van der Waals surface area contributed by atoms with Crippen molar-refractivity contribution in [3.63, 3.8) is 0 Å². The Labute approximate surface area is 129 Å². The molecule has 1 aliphatic rings. The van der Waals surface area contributed by atoms with Gasteiger partial charge in [-0.1, -0.05) is 24.3 Å². The minimum absolute atomic E-state index is 0.603. The number of hydrogen-bond acceptors (Lipinski definition) is 3. The first-order valence-corrected chi connectivity index (χ1v) is 8.40. The third-order valence-corrected chi connectivity index (χ3v) is 4.36. The molecule has 0 aromatic heterocycles. The lowest BCUT2D eigenvalue weighted by atomic mass is 10.0. The highest BCUT2D eigenvalue weighted by molar-refractivity contribution is 5.28. The van der Waals surface area contributed by atoms with E-state index >= 15 is 0 Å². The maximum atomic E-state index is 5.36. The largest absolute Gasteiger partial charge is 0.382 e. The van der Waals surface area contributed by atoms with Gasteiger partial charge in [-0.3, -0.25) is 4.90 Å². The van der Waals surface area contributed by atoms with E-state index in [1.807, 2.05) is 6.92 Å². The summed E-state index contributed by atoms with van der Waals surface area (Å²) in [6.45, 7) is 10.6. The average molecular weight is 290 g/mol. The molecular weight excluding hydrogens is 260 g/mol.